The predicted octanol–water partition coefficient (Wildman–Crippen LogP) is 3.37. The summed E-state index contributed by atoms with van der Waals surface area (Å²) in [7, 11) is 0. The Labute approximate surface area is 164 Å². The smallest absolute Gasteiger partial charge is 0.152 e. The average molecular weight is 372 g/mol. The number of carbonyl (C=O) groups excluding carboxylic acids is 1. The largest absolute Gasteiger partial charge is 0.550 e. The van der Waals surface area contributed by atoms with E-state index in [1.165, 1.54) is 0 Å². The molecule has 0 saturated carbocycles. The molecule has 0 aliphatic rings. The highest BCUT2D eigenvalue weighted by Gasteiger charge is 2.11. The van der Waals surface area contributed by atoms with Gasteiger partial charge in [0.25, 0.3) is 0 Å². The predicted molar refractivity (Wildman–Crippen MR) is 110 cm³/mol. The highest BCUT2D eigenvalue weighted by molar-refractivity contribution is 5.71. The molecule has 0 unspecified atom stereocenters. The summed E-state index contributed by atoms with van der Waals surface area (Å²) in [6.45, 7) is 7.57. The molecule has 0 atom stereocenters. The lowest BCUT2D eigenvalue weighted by Crippen LogP contribution is -2.25. The Hall–Kier alpha value is -3.60. The third-order valence-corrected chi connectivity index (χ3v) is 4.37. The van der Waals surface area contributed by atoms with Gasteiger partial charge in [0.2, 0.25) is 0 Å². The highest BCUT2D eigenvalue weighted by Crippen LogP contribution is 2.26. The summed E-state index contributed by atoms with van der Waals surface area (Å²) < 4.78 is 1.79. The minimum Gasteiger partial charge on any atom is -0.550 e. The molecule has 0 aliphatic heterocycles. The molecule has 142 valence electrons. The van der Waals surface area contributed by atoms with Crippen LogP contribution in [0.15, 0.2) is 80.0 Å². The molecule has 3 aromatic rings. The van der Waals surface area contributed by atoms with E-state index in [9.17, 15) is 9.90 Å². The molecule has 1 heterocycles. The van der Waals surface area contributed by atoms with Crippen LogP contribution in [0.3, 0.4) is 0 Å². The van der Waals surface area contributed by atoms with E-state index < -0.39 is 5.97 Å². The van der Waals surface area contributed by atoms with Crippen LogP contribution in [-0.2, 0) is 24.1 Å². The highest BCUT2D eigenvalue weighted by atomic mass is 16.4. The maximum absolute atomic E-state index is 11.2. The summed E-state index contributed by atoms with van der Waals surface area (Å²) in [5.41, 5.74) is 4.39. The van der Waals surface area contributed by atoms with Gasteiger partial charge < -0.3 is 15.2 Å². The van der Waals surface area contributed by atoms with Gasteiger partial charge in [0.15, 0.2) is 5.82 Å². The van der Waals surface area contributed by atoms with E-state index in [1.54, 1.807) is 16.8 Å². The molecule has 2 aromatic carbocycles. The number of nitrogens with zero attached hydrogens (tertiary/aromatic N) is 2. The number of aromatic nitrogens is 2. The molecule has 0 saturated heterocycles. The van der Waals surface area contributed by atoms with Crippen LogP contribution < -0.4 is 10.4 Å². The van der Waals surface area contributed by atoms with Gasteiger partial charge in [-0.05, 0) is 53.8 Å². The number of carboxylic acid groups (broad SMARTS) is 1. The summed E-state index contributed by atoms with van der Waals surface area (Å²) in [4.78, 5) is 11.2. The van der Waals surface area contributed by atoms with Crippen molar-refractivity contribution in [2.45, 2.75) is 19.3 Å². The Morgan fingerprint density at radius 1 is 1.07 bits per heavy atom. The van der Waals surface area contributed by atoms with Crippen LogP contribution in [0.4, 0.5) is 11.5 Å². The number of benzene rings is 2. The first-order chi connectivity index (χ1) is 13.6. The lowest BCUT2D eigenvalue weighted by molar-refractivity contribution is -0.304. The molecule has 5 heteroatoms. The fourth-order valence-corrected chi connectivity index (χ4v) is 3.18. The Balaban J connectivity index is 1.93. The molecule has 0 amide bonds. The van der Waals surface area contributed by atoms with Crippen LogP contribution in [0.25, 0.3) is 5.69 Å². The molecule has 5 nitrogen and oxygen atoms in total. The number of anilines is 2. The van der Waals surface area contributed by atoms with Gasteiger partial charge in [0.05, 0.1) is 5.69 Å². The lowest BCUT2D eigenvalue weighted by atomic mass is 9.93. The fourth-order valence-electron chi connectivity index (χ4n) is 3.18. The number of carbonyl (C=O) groups is 1. The Morgan fingerprint density at radius 2 is 1.71 bits per heavy atom. The molecule has 28 heavy (non-hydrogen) atoms. The summed E-state index contributed by atoms with van der Waals surface area (Å²) in [6.07, 6.45) is 6.42. The van der Waals surface area contributed by atoms with E-state index in [0.717, 1.165) is 28.1 Å². The number of aliphatic carboxylic acids is 1. The van der Waals surface area contributed by atoms with E-state index in [2.05, 4.69) is 23.6 Å². The molecule has 0 spiro atoms. The molecule has 1 aromatic heterocycles. The second-order valence-corrected chi connectivity index (χ2v) is 6.41. The Morgan fingerprint density at radius 3 is 2.29 bits per heavy atom. The van der Waals surface area contributed by atoms with Crippen molar-refractivity contribution in [2.75, 3.05) is 5.32 Å². The standard InChI is InChI=1S/C23H23N3O2/c1-3-8-17-14-19(15-18(9-4-2)21(17)16-23(27)28)24-22-12-13-26(25-22)20-10-6-5-7-11-20/h3-7,10-15H,1-2,8-9,16H2,(H,24,25)(H,27,28)/p-1. The zero-order chi connectivity index (χ0) is 19.9. The number of hydrogen-bond donors (Lipinski definition) is 1. The van der Waals surface area contributed by atoms with E-state index in [-0.39, 0.29) is 6.42 Å². The topological polar surface area (TPSA) is 70.0 Å². The molecule has 0 radical (unpaired) electrons. The van der Waals surface area contributed by atoms with Crippen LogP contribution in [0, 0.1) is 0 Å². The van der Waals surface area contributed by atoms with Crippen LogP contribution in [0.1, 0.15) is 16.7 Å². The minimum atomic E-state index is -1.10. The van der Waals surface area contributed by atoms with Gasteiger partial charge in [-0.15, -0.1) is 13.2 Å². The van der Waals surface area contributed by atoms with Gasteiger partial charge in [0, 0.05) is 30.3 Å². The van der Waals surface area contributed by atoms with Crippen LogP contribution in [-0.4, -0.2) is 15.7 Å². The second kappa shape index (κ2) is 8.86. The maximum Gasteiger partial charge on any atom is 0.152 e. The lowest BCUT2D eigenvalue weighted by Gasteiger charge is -2.17. The average Bonchev–Trinajstić information content (AvgIpc) is 3.14. The first-order valence-electron chi connectivity index (χ1n) is 9.05. The third kappa shape index (κ3) is 4.57. The normalized spacial score (nSPS) is 10.4. The monoisotopic (exact) mass is 372 g/mol. The van der Waals surface area contributed by atoms with Crippen LogP contribution in [0.2, 0.25) is 0 Å². The SMILES string of the molecule is C=CCc1cc(Nc2ccn(-c3ccccc3)n2)cc(CC=C)c1CC(=O)[O-]. The first kappa shape index (κ1) is 19.2. The molecular formula is C23H22N3O2-. The number of nitrogens with one attached hydrogen (secondary N) is 1. The quantitative estimate of drug-likeness (QED) is 0.585. The van der Waals surface area contributed by atoms with Crippen molar-refractivity contribution < 1.29 is 9.90 Å². The molecular weight excluding hydrogens is 350 g/mol. The van der Waals surface area contributed by atoms with Crippen molar-refractivity contribution in [1.29, 1.82) is 0 Å². The molecule has 1 N–H and O–H groups in total. The number of allylic oxidation sites excluding steroid dienone is 2. The van der Waals surface area contributed by atoms with E-state index in [1.807, 2.05) is 54.7 Å². The van der Waals surface area contributed by atoms with E-state index >= 15 is 0 Å². The number of hydrogen-bond acceptors (Lipinski definition) is 4. The Kier molecular flexibility index (Phi) is 6.07. The first-order valence-corrected chi connectivity index (χ1v) is 9.05. The van der Waals surface area contributed by atoms with Gasteiger partial charge in [0.1, 0.15) is 0 Å². The van der Waals surface area contributed by atoms with E-state index in [4.69, 9.17) is 0 Å². The fraction of sp³-hybridized carbons (Fsp3) is 0.130. The molecule has 0 bridgehead atoms. The van der Waals surface area contributed by atoms with Gasteiger partial charge in [-0.25, -0.2) is 4.68 Å². The van der Waals surface area contributed by atoms with Gasteiger partial charge in [-0.3, -0.25) is 0 Å². The molecule has 3 rings (SSSR count). The van der Waals surface area contributed by atoms with Gasteiger partial charge in [-0.2, -0.15) is 5.10 Å². The second-order valence-electron chi connectivity index (χ2n) is 6.41. The van der Waals surface area contributed by atoms with Crippen molar-refractivity contribution in [3.8, 4) is 5.69 Å². The number of carboxylic acids is 1. The van der Waals surface area contributed by atoms with Crippen LogP contribution in [0.5, 0.6) is 0 Å². The van der Waals surface area contributed by atoms with Crippen molar-refractivity contribution in [3.63, 3.8) is 0 Å². The van der Waals surface area contributed by atoms with Crippen molar-refractivity contribution in [3.05, 3.63) is 96.7 Å². The zero-order valence-corrected chi connectivity index (χ0v) is 15.6. The summed E-state index contributed by atoms with van der Waals surface area (Å²) in [5.74, 6) is -0.399. The molecule has 0 aliphatic carbocycles. The Bertz CT molecular complexity index is 959. The van der Waals surface area contributed by atoms with Gasteiger partial charge in [-0.1, -0.05) is 30.4 Å². The maximum atomic E-state index is 11.2. The van der Waals surface area contributed by atoms with Crippen LogP contribution >= 0.6 is 0 Å². The third-order valence-electron chi connectivity index (χ3n) is 4.37. The summed E-state index contributed by atoms with van der Waals surface area (Å²) >= 11 is 0. The molecule has 0 fully saturated rings. The van der Waals surface area contributed by atoms with Crippen molar-refractivity contribution in [1.82, 2.24) is 9.78 Å². The van der Waals surface area contributed by atoms with Crippen molar-refractivity contribution >= 4 is 17.5 Å². The summed E-state index contributed by atoms with van der Waals surface area (Å²) in [6, 6.07) is 15.6. The number of para-hydroxylation sites is 1. The number of rotatable bonds is 9. The van der Waals surface area contributed by atoms with Crippen molar-refractivity contribution in [2.24, 2.45) is 0 Å². The zero-order valence-electron chi connectivity index (χ0n) is 15.6. The minimum absolute atomic E-state index is 0.130. The summed E-state index contributed by atoms with van der Waals surface area (Å²) in [5, 5.41) is 19.1. The van der Waals surface area contributed by atoms with Gasteiger partial charge >= 0.3 is 0 Å². The van der Waals surface area contributed by atoms with E-state index in [0.29, 0.717) is 18.7 Å².